The van der Waals surface area contributed by atoms with Crippen molar-refractivity contribution < 1.29 is 0 Å². The van der Waals surface area contributed by atoms with E-state index < -0.39 is 0 Å². The minimum absolute atomic E-state index is 0.730. The summed E-state index contributed by atoms with van der Waals surface area (Å²) in [4.78, 5) is 2.05. The van der Waals surface area contributed by atoms with Gasteiger partial charge in [0.15, 0.2) is 5.82 Å². The van der Waals surface area contributed by atoms with Gasteiger partial charge in [-0.15, -0.1) is 5.10 Å². The molecule has 2 aromatic rings. The summed E-state index contributed by atoms with van der Waals surface area (Å²) in [6.07, 6.45) is 0. The van der Waals surface area contributed by atoms with Gasteiger partial charge in [-0.3, -0.25) is 0 Å². The van der Waals surface area contributed by atoms with Crippen LogP contribution < -0.4 is 10.2 Å². The van der Waals surface area contributed by atoms with E-state index in [9.17, 15) is 0 Å². The van der Waals surface area contributed by atoms with Crippen LogP contribution in [0.2, 0.25) is 5.02 Å². The molecule has 19 heavy (non-hydrogen) atoms. The smallest absolute Gasteiger partial charge is 0.151 e. The summed E-state index contributed by atoms with van der Waals surface area (Å²) >= 11 is 5.87. The molecule has 1 heterocycles. The van der Waals surface area contributed by atoms with E-state index in [1.807, 2.05) is 50.5 Å². The predicted molar refractivity (Wildman–Crippen MR) is 78.4 cm³/mol. The second-order valence-corrected chi connectivity index (χ2v) is 4.83. The van der Waals surface area contributed by atoms with E-state index in [0.29, 0.717) is 0 Å². The van der Waals surface area contributed by atoms with Crippen molar-refractivity contribution in [3.8, 4) is 0 Å². The molecule has 0 aliphatic rings. The fourth-order valence-corrected chi connectivity index (χ4v) is 1.90. The Labute approximate surface area is 118 Å². The maximum absolute atomic E-state index is 5.87. The SMILES string of the molecule is CNCc1ccc(N(C)Cc2ccc(Cl)cc2)nn1. The Balaban J connectivity index is 2.02. The molecule has 0 spiro atoms. The minimum Gasteiger partial charge on any atom is -0.354 e. The normalized spacial score (nSPS) is 10.5. The minimum atomic E-state index is 0.730. The topological polar surface area (TPSA) is 41.0 Å². The van der Waals surface area contributed by atoms with Gasteiger partial charge in [0.1, 0.15) is 0 Å². The summed E-state index contributed by atoms with van der Waals surface area (Å²) in [5.74, 6) is 0.856. The Hall–Kier alpha value is -1.65. The Kier molecular flexibility index (Phi) is 4.71. The van der Waals surface area contributed by atoms with Crippen molar-refractivity contribution in [2.24, 2.45) is 0 Å². The fraction of sp³-hybridized carbons (Fsp3) is 0.286. The molecular formula is C14H17ClN4. The lowest BCUT2D eigenvalue weighted by molar-refractivity contribution is 0.759. The van der Waals surface area contributed by atoms with E-state index in [2.05, 4.69) is 20.4 Å². The van der Waals surface area contributed by atoms with E-state index >= 15 is 0 Å². The van der Waals surface area contributed by atoms with E-state index in [4.69, 9.17) is 11.6 Å². The van der Waals surface area contributed by atoms with E-state index in [1.165, 1.54) is 5.56 Å². The molecule has 0 atom stereocenters. The maximum atomic E-state index is 5.87. The Morgan fingerprint density at radius 3 is 2.42 bits per heavy atom. The molecular weight excluding hydrogens is 260 g/mol. The van der Waals surface area contributed by atoms with Gasteiger partial charge in [-0.05, 0) is 36.9 Å². The predicted octanol–water partition coefficient (Wildman–Crippen LogP) is 2.49. The van der Waals surface area contributed by atoms with E-state index in [1.54, 1.807) is 0 Å². The highest BCUT2D eigenvalue weighted by Crippen LogP contribution is 2.14. The van der Waals surface area contributed by atoms with Gasteiger partial charge in [0.05, 0.1) is 5.69 Å². The number of hydrogen-bond acceptors (Lipinski definition) is 4. The highest BCUT2D eigenvalue weighted by molar-refractivity contribution is 6.30. The number of nitrogens with one attached hydrogen (secondary N) is 1. The molecule has 100 valence electrons. The third-order valence-electron chi connectivity index (χ3n) is 2.79. The molecule has 2 rings (SSSR count). The maximum Gasteiger partial charge on any atom is 0.151 e. The van der Waals surface area contributed by atoms with Crippen molar-refractivity contribution in [3.63, 3.8) is 0 Å². The molecule has 0 aliphatic heterocycles. The van der Waals surface area contributed by atoms with Gasteiger partial charge in [-0.1, -0.05) is 23.7 Å². The Bertz CT molecular complexity index is 510. The highest BCUT2D eigenvalue weighted by atomic mass is 35.5. The summed E-state index contributed by atoms with van der Waals surface area (Å²) < 4.78 is 0. The average Bonchev–Trinajstić information content (AvgIpc) is 2.42. The van der Waals surface area contributed by atoms with Gasteiger partial charge in [-0.25, -0.2) is 0 Å². The first-order valence-electron chi connectivity index (χ1n) is 6.12. The van der Waals surface area contributed by atoms with Crippen molar-refractivity contribution in [3.05, 3.63) is 52.7 Å². The fourth-order valence-electron chi connectivity index (χ4n) is 1.78. The number of hydrogen-bond donors (Lipinski definition) is 1. The molecule has 0 radical (unpaired) electrons. The molecule has 0 amide bonds. The van der Waals surface area contributed by atoms with Gasteiger partial charge in [0.25, 0.3) is 0 Å². The molecule has 5 heteroatoms. The monoisotopic (exact) mass is 276 g/mol. The standard InChI is InChI=1S/C14H17ClN4/c1-16-9-13-7-8-14(18-17-13)19(2)10-11-3-5-12(15)6-4-11/h3-8,16H,9-10H2,1-2H3. The summed E-state index contributed by atoms with van der Waals surface area (Å²) in [7, 11) is 3.89. The summed E-state index contributed by atoms with van der Waals surface area (Å²) in [6, 6.07) is 11.8. The van der Waals surface area contributed by atoms with Crippen LogP contribution in [0.5, 0.6) is 0 Å². The second-order valence-electron chi connectivity index (χ2n) is 4.40. The molecule has 1 N–H and O–H groups in total. The van der Waals surface area contributed by atoms with Crippen molar-refractivity contribution >= 4 is 17.4 Å². The van der Waals surface area contributed by atoms with Crippen LogP contribution in [-0.4, -0.2) is 24.3 Å². The first-order chi connectivity index (χ1) is 9.19. The van der Waals surface area contributed by atoms with Gasteiger partial charge in [0.2, 0.25) is 0 Å². The first kappa shape index (κ1) is 13.8. The van der Waals surface area contributed by atoms with Gasteiger partial charge in [-0.2, -0.15) is 5.10 Å². The van der Waals surface area contributed by atoms with Gasteiger partial charge in [0, 0.05) is 25.2 Å². The highest BCUT2D eigenvalue weighted by Gasteiger charge is 2.04. The molecule has 4 nitrogen and oxygen atoms in total. The second kappa shape index (κ2) is 6.50. The quantitative estimate of drug-likeness (QED) is 0.911. The van der Waals surface area contributed by atoms with Crippen molar-refractivity contribution in [1.29, 1.82) is 0 Å². The zero-order chi connectivity index (χ0) is 13.7. The molecule has 0 saturated heterocycles. The lowest BCUT2D eigenvalue weighted by atomic mass is 10.2. The van der Waals surface area contributed by atoms with E-state index in [0.717, 1.165) is 29.6 Å². The van der Waals surface area contributed by atoms with E-state index in [-0.39, 0.29) is 0 Å². The number of benzene rings is 1. The molecule has 0 aliphatic carbocycles. The Morgan fingerprint density at radius 1 is 1.11 bits per heavy atom. The lowest BCUT2D eigenvalue weighted by Crippen LogP contribution is -2.18. The number of anilines is 1. The van der Waals surface area contributed by atoms with Gasteiger partial charge >= 0.3 is 0 Å². The van der Waals surface area contributed by atoms with Crippen LogP contribution in [0.4, 0.5) is 5.82 Å². The van der Waals surface area contributed by atoms with Crippen molar-refractivity contribution in [1.82, 2.24) is 15.5 Å². The van der Waals surface area contributed by atoms with Crippen LogP contribution in [-0.2, 0) is 13.1 Å². The number of halogens is 1. The van der Waals surface area contributed by atoms with Crippen molar-refractivity contribution in [2.75, 3.05) is 19.0 Å². The summed E-state index contributed by atoms with van der Waals surface area (Å²) in [5, 5.41) is 12.2. The van der Waals surface area contributed by atoms with Crippen LogP contribution in [0.15, 0.2) is 36.4 Å². The number of aromatic nitrogens is 2. The summed E-state index contributed by atoms with van der Waals surface area (Å²) in [5.41, 5.74) is 2.12. The van der Waals surface area contributed by atoms with Crippen LogP contribution >= 0.6 is 11.6 Å². The molecule has 1 aromatic carbocycles. The van der Waals surface area contributed by atoms with Crippen LogP contribution in [0.25, 0.3) is 0 Å². The zero-order valence-electron chi connectivity index (χ0n) is 11.1. The van der Waals surface area contributed by atoms with Crippen molar-refractivity contribution in [2.45, 2.75) is 13.1 Å². The third-order valence-corrected chi connectivity index (χ3v) is 3.04. The molecule has 0 fully saturated rings. The first-order valence-corrected chi connectivity index (χ1v) is 6.49. The average molecular weight is 277 g/mol. The molecule has 0 saturated carbocycles. The molecule has 1 aromatic heterocycles. The van der Waals surface area contributed by atoms with Gasteiger partial charge < -0.3 is 10.2 Å². The summed E-state index contributed by atoms with van der Waals surface area (Å²) in [6.45, 7) is 1.51. The Morgan fingerprint density at radius 2 is 1.84 bits per heavy atom. The third kappa shape index (κ3) is 3.91. The largest absolute Gasteiger partial charge is 0.354 e. The lowest BCUT2D eigenvalue weighted by Gasteiger charge is -2.17. The van der Waals surface area contributed by atoms with Crippen LogP contribution in [0.3, 0.4) is 0 Å². The van der Waals surface area contributed by atoms with Crippen LogP contribution in [0.1, 0.15) is 11.3 Å². The molecule has 0 unspecified atom stereocenters. The van der Waals surface area contributed by atoms with Crippen LogP contribution in [0, 0.1) is 0 Å². The number of rotatable bonds is 5. The zero-order valence-corrected chi connectivity index (χ0v) is 11.9. The number of nitrogens with zero attached hydrogens (tertiary/aromatic N) is 3. The molecule has 0 bridgehead atoms.